The van der Waals surface area contributed by atoms with Gasteiger partial charge in [0, 0.05) is 18.7 Å². The van der Waals surface area contributed by atoms with E-state index in [1.807, 2.05) is 25.7 Å². The molecule has 1 aromatic heterocycles. The van der Waals surface area contributed by atoms with Gasteiger partial charge < -0.3 is 14.5 Å². The molecule has 2 unspecified atom stereocenters. The Hall–Kier alpha value is -1.25. The SMILES string of the molecule is CC(C)(C)OC(=O)N1CC2CC1CN2c1nc(-c2ccc(Cl)c(Cl)c2)nc(C(Cl)(Cl)Cl)n1. The van der Waals surface area contributed by atoms with Crippen LogP contribution in [0.1, 0.15) is 33.0 Å². The summed E-state index contributed by atoms with van der Waals surface area (Å²) in [5.74, 6) is 0.681. The van der Waals surface area contributed by atoms with Gasteiger partial charge >= 0.3 is 6.09 Å². The summed E-state index contributed by atoms with van der Waals surface area (Å²) in [7, 11) is 0. The molecule has 0 aliphatic carbocycles. The lowest BCUT2D eigenvalue weighted by Gasteiger charge is -2.35. The number of carbonyl (C=O) groups excluding carboxylic acids is 1. The Bertz CT molecular complexity index is 1060. The Kier molecular flexibility index (Phi) is 6.36. The molecule has 2 bridgehead atoms. The van der Waals surface area contributed by atoms with Crippen LogP contribution in [-0.2, 0) is 8.53 Å². The fourth-order valence-corrected chi connectivity index (χ4v) is 4.39. The molecular weight excluding hydrogens is 520 g/mol. The van der Waals surface area contributed by atoms with E-state index in [2.05, 4.69) is 15.0 Å². The molecule has 0 radical (unpaired) electrons. The Balaban J connectivity index is 1.63. The maximum Gasteiger partial charge on any atom is 0.410 e. The van der Waals surface area contributed by atoms with Crippen LogP contribution < -0.4 is 4.90 Å². The number of likely N-dealkylation sites (tertiary alicyclic amines) is 1. The molecule has 2 fully saturated rings. The number of benzene rings is 1. The third-order valence-corrected chi connectivity index (χ3v) is 6.43. The molecule has 0 N–H and O–H groups in total. The smallest absolute Gasteiger partial charge is 0.410 e. The standard InChI is InChI=1S/C20H20Cl5N5O2/c1-19(2,3)32-18(31)30-9-11-7-12(30)8-29(11)17-27-15(26-16(28-17)20(23,24)25)10-4-5-13(21)14(22)6-10/h4-6,11-12H,7-9H2,1-3H3. The van der Waals surface area contributed by atoms with E-state index in [1.165, 1.54) is 0 Å². The van der Waals surface area contributed by atoms with Crippen LogP contribution in [0.25, 0.3) is 11.4 Å². The predicted molar refractivity (Wildman–Crippen MR) is 127 cm³/mol. The Labute approximate surface area is 210 Å². The molecular formula is C20H20Cl5N5O2. The van der Waals surface area contributed by atoms with Crippen LogP contribution >= 0.6 is 58.0 Å². The number of anilines is 1. The normalized spacial score (nSPS) is 20.8. The first kappa shape index (κ1) is 23.9. The molecule has 2 aliphatic rings. The first-order valence-electron chi connectivity index (χ1n) is 9.87. The summed E-state index contributed by atoms with van der Waals surface area (Å²) in [6.07, 6.45) is 0.453. The second kappa shape index (κ2) is 8.51. The lowest BCUT2D eigenvalue weighted by atomic mass is 10.2. The molecule has 2 saturated heterocycles. The van der Waals surface area contributed by atoms with Crippen molar-refractivity contribution in [2.75, 3.05) is 18.0 Å². The van der Waals surface area contributed by atoms with Gasteiger partial charge in [0.15, 0.2) is 11.6 Å². The summed E-state index contributed by atoms with van der Waals surface area (Å²) in [5, 5.41) is 0.764. The summed E-state index contributed by atoms with van der Waals surface area (Å²) in [6, 6.07) is 5.02. The largest absolute Gasteiger partial charge is 0.444 e. The molecule has 2 aromatic rings. The summed E-state index contributed by atoms with van der Waals surface area (Å²) in [4.78, 5) is 29.7. The minimum Gasteiger partial charge on any atom is -0.444 e. The van der Waals surface area contributed by atoms with Gasteiger partial charge in [-0.3, -0.25) is 0 Å². The van der Waals surface area contributed by atoms with E-state index >= 15 is 0 Å². The van der Waals surface area contributed by atoms with Crippen LogP contribution in [0.15, 0.2) is 18.2 Å². The lowest BCUT2D eigenvalue weighted by molar-refractivity contribution is 0.0214. The van der Waals surface area contributed by atoms with Crippen LogP contribution in [0, 0.1) is 0 Å². The minimum atomic E-state index is -1.84. The van der Waals surface area contributed by atoms with E-state index < -0.39 is 9.39 Å². The number of aromatic nitrogens is 3. The number of carbonyl (C=O) groups is 1. The van der Waals surface area contributed by atoms with E-state index in [1.54, 1.807) is 23.1 Å². The maximum atomic E-state index is 12.5. The third-order valence-electron chi connectivity index (χ3n) is 5.18. The summed E-state index contributed by atoms with van der Waals surface area (Å²) in [6.45, 7) is 6.57. The van der Waals surface area contributed by atoms with Gasteiger partial charge in [-0.05, 0) is 45.4 Å². The van der Waals surface area contributed by atoms with Gasteiger partial charge in [0.2, 0.25) is 9.74 Å². The lowest BCUT2D eigenvalue weighted by Crippen LogP contribution is -2.50. The van der Waals surface area contributed by atoms with Crippen molar-refractivity contribution in [3.63, 3.8) is 0 Å². The summed E-state index contributed by atoms with van der Waals surface area (Å²) in [5.41, 5.74) is 0.0548. The first-order valence-corrected chi connectivity index (χ1v) is 11.8. The van der Waals surface area contributed by atoms with Crippen molar-refractivity contribution in [2.24, 2.45) is 0 Å². The van der Waals surface area contributed by atoms with Gasteiger partial charge in [-0.2, -0.15) is 9.97 Å². The van der Waals surface area contributed by atoms with Gasteiger partial charge in [0.05, 0.1) is 22.1 Å². The Morgan fingerprint density at radius 3 is 2.31 bits per heavy atom. The monoisotopic (exact) mass is 537 g/mol. The number of amides is 1. The fraction of sp³-hybridized carbons (Fsp3) is 0.500. The zero-order chi connectivity index (χ0) is 23.4. The number of piperazine rings is 1. The van der Waals surface area contributed by atoms with Crippen molar-refractivity contribution in [1.82, 2.24) is 19.9 Å². The molecule has 0 spiro atoms. The number of rotatable bonds is 2. The molecule has 7 nitrogen and oxygen atoms in total. The molecule has 32 heavy (non-hydrogen) atoms. The minimum absolute atomic E-state index is 0.000319. The highest BCUT2D eigenvalue weighted by Gasteiger charge is 2.48. The number of hydrogen-bond acceptors (Lipinski definition) is 6. The van der Waals surface area contributed by atoms with Crippen molar-refractivity contribution in [3.8, 4) is 11.4 Å². The van der Waals surface area contributed by atoms with Crippen molar-refractivity contribution in [2.45, 2.75) is 48.7 Å². The zero-order valence-electron chi connectivity index (χ0n) is 17.5. The first-order chi connectivity index (χ1) is 14.8. The van der Waals surface area contributed by atoms with Crippen molar-refractivity contribution in [3.05, 3.63) is 34.1 Å². The molecule has 12 heteroatoms. The summed E-state index contributed by atoms with van der Waals surface area (Å²) < 4.78 is 3.69. The van der Waals surface area contributed by atoms with Gasteiger partial charge in [-0.15, -0.1) is 0 Å². The highest BCUT2D eigenvalue weighted by Crippen LogP contribution is 2.39. The maximum absolute atomic E-state index is 12.5. The molecule has 1 aromatic carbocycles. The average molecular weight is 540 g/mol. The third kappa shape index (κ3) is 4.97. The van der Waals surface area contributed by atoms with E-state index in [0.29, 0.717) is 40.5 Å². The number of nitrogens with zero attached hydrogens (tertiary/aromatic N) is 5. The number of fused-ring (bicyclic) bond motifs is 2. The number of alkyl halides is 3. The number of halogens is 5. The average Bonchev–Trinajstić information content (AvgIpc) is 3.29. The second-order valence-corrected chi connectivity index (χ2v) is 11.8. The van der Waals surface area contributed by atoms with Crippen LogP contribution in [0.3, 0.4) is 0 Å². The molecule has 172 valence electrons. The quantitative estimate of drug-likeness (QED) is 0.445. The van der Waals surface area contributed by atoms with E-state index in [0.717, 1.165) is 6.42 Å². The van der Waals surface area contributed by atoms with Crippen LogP contribution in [-0.4, -0.2) is 56.7 Å². The van der Waals surface area contributed by atoms with Gasteiger partial charge in [-0.25, -0.2) is 9.78 Å². The highest BCUT2D eigenvalue weighted by atomic mass is 35.6. The second-order valence-electron chi connectivity index (χ2n) is 8.74. The van der Waals surface area contributed by atoms with Crippen LogP contribution in [0.5, 0.6) is 0 Å². The van der Waals surface area contributed by atoms with E-state index in [4.69, 9.17) is 62.7 Å². The predicted octanol–water partition coefficient (Wildman–Crippen LogP) is 5.87. The Morgan fingerprint density at radius 1 is 1.03 bits per heavy atom. The number of hydrogen-bond donors (Lipinski definition) is 0. The topological polar surface area (TPSA) is 71.5 Å². The molecule has 2 aliphatic heterocycles. The fourth-order valence-electron chi connectivity index (χ4n) is 3.84. The van der Waals surface area contributed by atoms with E-state index in [-0.39, 0.29) is 24.0 Å². The van der Waals surface area contributed by atoms with Gasteiger partial charge in [0.1, 0.15) is 5.60 Å². The molecule has 1 amide bonds. The Morgan fingerprint density at radius 2 is 1.75 bits per heavy atom. The van der Waals surface area contributed by atoms with Crippen LogP contribution in [0.2, 0.25) is 10.0 Å². The van der Waals surface area contributed by atoms with Gasteiger partial charge in [-0.1, -0.05) is 58.0 Å². The zero-order valence-corrected chi connectivity index (χ0v) is 21.2. The van der Waals surface area contributed by atoms with Crippen molar-refractivity contribution < 1.29 is 9.53 Å². The van der Waals surface area contributed by atoms with Crippen molar-refractivity contribution in [1.29, 1.82) is 0 Å². The van der Waals surface area contributed by atoms with E-state index in [9.17, 15) is 4.79 Å². The molecule has 4 rings (SSSR count). The molecule has 0 saturated carbocycles. The molecule has 3 heterocycles. The molecule has 2 atom stereocenters. The highest BCUT2D eigenvalue weighted by molar-refractivity contribution is 6.66. The van der Waals surface area contributed by atoms with Crippen molar-refractivity contribution >= 4 is 70.0 Å². The number of ether oxygens (including phenoxy) is 1. The summed E-state index contributed by atoms with van der Waals surface area (Å²) >= 11 is 30.5. The van der Waals surface area contributed by atoms with Crippen LogP contribution in [0.4, 0.5) is 10.7 Å². The van der Waals surface area contributed by atoms with Gasteiger partial charge in [0.25, 0.3) is 0 Å².